The fourth-order valence-electron chi connectivity index (χ4n) is 3.16. The Morgan fingerprint density at radius 1 is 1.21 bits per heavy atom. The Bertz CT molecular complexity index is 916. The van der Waals surface area contributed by atoms with Crippen LogP contribution in [0.2, 0.25) is 10.0 Å². The molecule has 2 N–H and O–H groups in total. The monoisotopic (exact) mass is 436 g/mol. The normalized spacial score (nSPS) is 14.8. The van der Waals surface area contributed by atoms with Gasteiger partial charge in [-0.3, -0.25) is 14.6 Å². The molecule has 1 aliphatic rings. The van der Waals surface area contributed by atoms with Gasteiger partial charge in [-0.2, -0.15) is 4.98 Å². The van der Waals surface area contributed by atoms with Gasteiger partial charge in [0.15, 0.2) is 5.82 Å². The van der Waals surface area contributed by atoms with Crippen LogP contribution in [0.4, 0.5) is 5.82 Å². The van der Waals surface area contributed by atoms with E-state index in [1.54, 1.807) is 12.1 Å². The average molecular weight is 437 g/mol. The summed E-state index contributed by atoms with van der Waals surface area (Å²) < 4.78 is 5.44. The highest BCUT2D eigenvalue weighted by atomic mass is 35.5. The topological polar surface area (TPSA) is 93.2 Å². The van der Waals surface area contributed by atoms with Crippen molar-refractivity contribution < 1.29 is 14.3 Å². The molecular weight excluding hydrogens is 415 g/mol. The molecule has 29 heavy (non-hydrogen) atoms. The molecule has 154 valence electrons. The van der Waals surface area contributed by atoms with E-state index >= 15 is 0 Å². The summed E-state index contributed by atoms with van der Waals surface area (Å²) in [5, 5.41) is 6.42. The molecule has 1 fully saturated rings. The lowest BCUT2D eigenvalue weighted by atomic mass is 9.72. The molecule has 0 bridgehead atoms. The highest BCUT2D eigenvalue weighted by Gasteiger charge is 2.40. The lowest BCUT2D eigenvalue weighted by molar-refractivity contribution is -0.138. The van der Waals surface area contributed by atoms with Crippen molar-refractivity contribution in [1.82, 2.24) is 15.3 Å². The van der Waals surface area contributed by atoms with Gasteiger partial charge in [-0.25, -0.2) is 0 Å². The number of halogens is 2. The van der Waals surface area contributed by atoms with E-state index in [0.717, 1.165) is 24.8 Å². The summed E-state index contributed by atoms with van der Waals surface area (Å²) in [6, 6.07) is 5.27. The molecule has 7 nitrogen and oxygen atoms in total. The highest BCUT2D eigenvalue weighted by molar-refractivity contribution is 6.39. The fraction of sp³-hybridized carbons (Fsp3) is 0.400. The second-order valence-corrected chi connectivity index (χ2v) is 8.21. The lowest BCUT2D eigenvalue weighted by Gasteiger charge is -2.42. The Balaban J connectivity index is 1.64. The summed E-state index contributed by atoms with van der Waals surface area (Å²) in [5.74, 6) is -1.13. The van der Waals surface area contributed by atoms with E-state index < -0.39 is 17.4 Å². The van der Waals surface area contributed by atoms with E-state index in [2.05, 4.69) is 20.6 Å². The molecule has 1 saturated carbocycles. The minimum Gasteiger partial charge on any atom is -0.474 e. The van der Waals surface area contributed by atoms with Gasteiger partial charge in [-0.1, -0.05) is 29.3 Å². The first-order valence-electron chi connectivity index (χ1n) is 9.32. The van der Waals surface area contributed by atoms with Crippen LogP contribution in [0.5, 0.6) is 5.88 Å². The first kappa shape index (κ1) is 21.3. The first-order chi connectivity index (χ1) is 13.8. The second-order valence-electron chi connectivity index (χ2n) is 7.36. The minimum absolute atomic E-state index is 0.0864. The fourth-order valence-corrected chi connectivity index (χ4v) is 3.63. The van der Waals surface area contributed by atoms with Crippen LogP contribution in [-0.4, -0.2) is 33.4 Å². The summed E-state index contributed by atoms with van der Waals surface area (Å²) in [6.07, 6.45) is 5.73. The zero-order valence-corrected chi connectivity index (χ0v) is 17.7. The average Bonchev–Trinajstić information content (AvgIpc) is 2.61. The van der Waals surface area contributed by atoms with Crippen LogP contribution < -0.4 is 15.4 Å². The molecule has 0 unspecified atom stereocenters. The number of carbonyl (C=O) groups excluding carboxylic acids is 2. The van der Waals surface area contributed by atoms with Crippen LogP contribution in [0.25, 0.3) is 0 Å². The second kappa shape index (κ2) is 8.97. The standard InChI is InChI=1S/C20H22Cl2N4O3/c1-12(2)29-17-11-23-10-16(24-17)25-18(27)19(28)26-20(6-3-7-20)9-13-4-5-14(21)8-15(13)22/h4-5,8,10-12H,3,6-7,9H2,1-2H3,(H,26,28)(H,24,25,27). The number of amides is 2. The third kappa shape index (κ3) is 5.58. The van der Waals surface area contributed by atoms with Crippen molar-refractivity contribution >= 4 is 40.8 Å². The maximum Gasteiger partial charge on any atom is 0.314 e. The van der Waals surface area contributed by atoms with Crippen molar-refractivity contribution in [3.05, 3.63) is 46.2 Å². The molecule has 1 aliphatic carbocycles. The Labute approximate surface area is 179 Å². The summed E-state index contributed by atoms with van der Waals surface area (Å²) in [7, 11) is 0. The van der Waals surface area contributed by atoms with Crippen LogP contribution in [0.1, 0.15) is 38.7 Å². The number of aromatic nitrogens is 2. The van der Waals surface area contributed by atoms with Gasteiger partial charge in [0, 0.05) is 15.6 Å². The zero-order chi connectivity index (χ0) is 21.0. The van der Waals surface area contributed by atoms with Gasteiger partial charge in [0.05, 0.1) is 18.5 Å². The van der Waals surface area contributed by atoms with Gasteiger partial charge >= 0.3 is 11.8 Å². The van der Waals surface area contributed by atoms with Gasteiger partial charge < -0.3 is 15.4 Å². The van der Waals surface area contributed by atoms with Crippen LogP contribution in [0.3, 0.4) is 0 Å². The molecule has 0 spiro atoms. The molecule has 1 aromatic heterocycles. The van der Waals surface area contributed by atoms with Crippen LogP contribution >= 0.6 is 23.2 Å². The van der Waals surface area contributed by atoms with E-state index in [1.807, 2.05) is 19.9 Å². The molecule has 0 aliphatic heterocycles. The SMILES string of the molecule is CC(C)Oc1cncc(NC(=O)C(=O)NC2(Cc3ccc(Cl)cc3Cl)CCC2)n1. The number of nitrogens with zero attached hydrogens (tertiary/aromatic N) is 2. The molecule has 3 rings (SSSR count). The smallest absolute Gasteiger partial charge is 0.314 e. The van der Waals surface area contributed by atoms with Crippen molar-refractivity contribution in [2.24, 2.45) is 0 Å². The molecule has 9 heteroatoms. The van der Waals surface area contributed by atoms with E-state index in [4.69, 9.17) is 27.9 Å². The number of benzene rings is 1. The third-order valence-electron chi connectivity index (χ3n) is 4.65. The number of nitrogens with one attached hydrogen (secondary N) is 2. The van der Waals surface area contributed by atoms with Crippen LogP contribution in [0.15, 0.2) is 30.6 Å². The molecule has 2 aromatic rings. The van der Waals surface area contributed by atoms with Crippen molar-refractivity contribution in [2.45, 2.75) is 51.2 Å². The quantitative estimate of drug-likeness (QED) is 0.671. The number of hydrogen-bond donors (Lipinski definition) is 2. The predicted octanol–water partition coefficient (Wildman–Crippen LogP) is 3.79. The van der Waals surface area contributed by atoms with E-state index in [1.165, 1.54) is 12.4 Å². The van der Waals surface area contributed by atoms with Crippen molar-refractivity contribution in [1.29, 1.82) is 0 Å². The van der Waals surface area contributed by atoms with E-state index in [-0.39, 0.29) is 17.8 Å². The van der Waals surface area contributed by atoms with Crippen LogP contribution in [0, 0.1) is 0 Å². The van der Waals surface area contributed by atoms with Crippen molar-refractivity contribution in [2.75, 3.05) is 5.32 Å². The number of ether oxygens (including phenoxy) is 1. The summed E-state index contributed by atoms with van der Waals surface area (Å²) in [5.41, 5.74) is 0.376. The van der Waals surface area contributed by atoms with E-state index in [9.17, 15) is 9.59 Å². The molecule has 1 heterocycles. The largest absolute Gasteiger partial charge is 0.474 e. The number of hydrogen-bond acceptors (Lipinski definition) is 5. The van der Waals surface area contributed by atoms with Gasteiger partial charge in [0.1, 0.15) is 0 Å². The molecule has 0 saturated heterocycles. The molecular formula is C20H22Cl2N4O3. The predicted molar refractivity (Wildman–Crippen MR) is 111 cm³/mol. The highest BCUT2D eigenvalue weighted by Crippen LogP contribution is 2.37. The molecule has 0 radical (unpaired) electrons. The lowest BCUT2D eigenvalue weighted by Crippen LogP contribution is -2.57. The van der Waals surface area contributed by atoms with Gasteiger partial charge in [-0.05, 0) is 57.2 Å². The number of carbonyl (C=O) groups is 2. The van der Waals surface area contributed by atoms with Gasteiger partial charge in [0.25, 0.3) is 0 Å². The maximum absolute atomic E-state index is 12.5. The van der Waals surface area contributed by atoms with Gasteiger partial charge in [-0.15, -0.1) is 0 Å². The van der Waals surface area contributed by atoms with Crippen molar-refractivity contribution in [3.63, 3.8) is 0 Å². The molecule has 2 amide bonds. The molecule has 1 aromatic carbocycles. The Morgan fingerprint density at radius 2 is 1.97 bits per heavy atom. The maximum atomic E-state index is 12.5. The van der Waals surface area contributed by atoms with E-state index in [0.29, 0.717) is 16.5 Å². The molecule has 0 atom stereocenters. The third-order valence-corrected chi connectivity index (χ3v) is 5.24. The number of anilines is 1. The summed E-state index contributed by atoms with van der Waals surface area (Å²) in [6.45, 7) is 3.71. The first-order valence-corrected chi connectivity index (χ1v) is 10.1. The Kier molecular flexibility index (Phi) is 6.59. The Hall–Kier alpha value is -2.38. The van der Waals surface area contributed by atoms with Gasteiger partial charge in [0.2, 0.25) is 5.88 Å². The number of rotatable bonds is 6. The summed E-state index contributed by atoms with van der Waals surface area (Å²) >= 11 is 12.2. The summed E-state index contributed by atoms with van der Waals surface area (Å²) in [4.78, 5) is 32.9. The van der Waals surface area contributed by atoms with Crippen LogP contribution in [-0.2, 0) is 16.0 Å². The minimum atomic E-state index is -0.811. The van der Waals surface area contributed by atoms with Crippen molar-refractivity contribution in [3.8, 4) is 5.88 Å². The Morgan fingerprint density at radius 3 is 2.59 bits per heavy atom. The zero-order valence-electron chi connectivity index (χ0n) is 16.2.